The first-order chi connectivity index (χ1) is 19.8. The molecule has 0 aliphatic carbocycles. The van der Waals surface area contributed by atoms with E-state index in [2.05, 4.69) is 10.6 Å². The van der Waals surface area contributed by atoms with Crippen LogP contribution in [0.2, 0.25) is 0 Å². The number of aryl methyl sites for hydroxylation is 1. The van der Waals surface area contributed by atoms with Crippen molar-refractivity contribution in [3.05, 3.63) is 59.3 Å². The first-order valence-electron chi connectivity index (χ1n) is 14.1. The maximum Gasteiger partial charge on any atom is 0.323 e. The Morgan fingerprint density at radius 2 is 1.68 bits per heavy atom. The van der Waals surface area contributed by atoms with Gasteiger partial charge in [0, 0.05) is 23.0 Å². The Balaban J connectivity index is 1.58. The Hall–Kier alpha value is -4.05. The summed E-state index contributed by atoms with van der Waals surface area (Å²) in [6.45, 7) is 2.61. The zero-order chi connectivity index (χ0) is 29.8. The van der Waals surface area contributed by atoms with Crippen LogP contribution in [-0.2, 0) is 22.6 Å². The minimum absolute atomic E-state index is 0.201. The van der Waals surface area contributed by atoms with Gasteiger partial charge in [0.2, 0.25) is 5.91 Å². The van der Waals surface area contributed by atoms with E-state index in [1.165, 1.54) is 4.57 Å². The third-order valence-electron chi connectivity index (χ3n) is 7.06. The highest BCUT2D eigenvalue weighted by Gasteiger charge is 2.24. The summed E-state index contributed by atoms with van der Waals surface area (Å²) in [5.41, 5.74) is 8.59. The van der Waals surface area contributed by atoms with Crippen LogP contribution < -0.4 is 25.8 Å². The molecule has 0 fully saturated rings. The lowest BCUT2D eigenvalue weighted by Crippen LogP contribution is -2.47. The molecule has 0 spiro atoms. The fourth-order valence-electron chi connectivity index (χ4n) is 5.00. The monoisotopic (exact) mass is 566 g/mol. The number of carboxylic acid groups (broad SMARTS) is 1. The molecule has 1 heterocycles. The average molecular weight is 567 g/mol. The van der Waals surface area contributed by atoms with Crippen LogP contribution in [0, 0.1) is 6.92 Å². The van der Waals surface area contributed by atoms with Crippen LogP contribution in [0.15, 0.2) is 42.5 Å². The zero-order valence-corrected chi connectivity index (χ0v) is 24.2. The number of benzene rings is 2. The number of methoxy groups -OCH3 is 2. The second-order valence-electron chi connectivity index (χ2n) is 10.1. The minimum atomic E-state index is -1.06. The van der Waals surface area contributed by atoms with Gasteiger partial charge in [-0.1, -0.05) is 24.6 Å². The summed E-state index contributed by atoms with van der Waals surface area (Å²) in [6.07, 6.45) is 5.19. The number of ether oxygens (including phenoxy) is 2. The minimum Gasteiger partial charge on any atom is -0.496 e. The molecule has 41 heavy (non-hydrogen) atoms. The molecule has 3 rings (SSSR count). The fourth-order valence-corrected chi connectivity index (χ4v) is 5.00. The fraction of sp³-hybridized carbons (Fsp3) is 0.452. The summed E-state index contributed by atoms with van der Waals surface area (Å²) in [5.74, 6) is -0.186. The van der Waals surface area contributed by atoms with Crippen LogP contribution >= 0.6 is 0 Å². The van der Waals surface area contributed by atoms with E-state index in [-0.39, 0.29) is 18.1 Å². The number of hydrogen-bond acceptors (Lipinski definition) is 6. The summed E-state index contributed by atoms with van der Waals surface area (Å²) in [6, 6.07) is 12.1. The third kappa shape index (κ3) is 8.72. The van der Waals surface area contributed by atoms with Gasteiger partial charge >= 0.3 is 5.97 Å². The highest BCUT2D eigenvalue weighted by molar-refractivity contribution is 6.01. The van der Waals surface area contributed by atoms with E-state index in [0.717, 1.165) is 60.1 Å². The van der Waals surface area contributed by atoms with Gasteiger partial charge in [-0.25, -0.2) is 0 Å². The molecule has 222 valence electrons. The molecule has 10 heteroatoms. The summed E-state index contributed by atoms with van der Waals surface area (Å²) < 4.78 is 12.5. The molecule has 0 radical (unpaired) electrons. The predicted molar refractivity (Wildman–Crippen MR) is 159 cm³/mol. The number of carbonyl (C=O) groups is 3. The maximum absolute atomic E-state index is 13.3. The van der Waals surface area contributed by atoms with Crippen molar-refractivity contribution in [1.29, 1.82) is 0 Å². The summed E-state index contributed by atoms with van der Waals surface area (Å²) in [7, 11) is 3.31. The molecule has 0 aliphatic heterocycles. The Kier molecular flexibility index (Phi) is 12.0. The normalized spacial score (nSPS) is 11.7. The molecule has 0 saturated carbocycles. The van der Waals surface area contributed by atoms with Crippen LogP contribution in [0.1, 0.15) is 60.1 Å². The van der Waals surface area contributed by atoms with E-state index in [4.69, 9.17) is 15.2 Å². The van der Waals surface area contributed by atoms with Crippen LogP contribution in [0.25, 0.3) is 10.9 Å². The van der Waals surface area contributed by atoms with Gasteiger partial charge in [0.05, 0.1) is 14.2 Å². The summed E-state index contributed by atoms with van der Waals surface area (Å²) >= 11 is 0. The van der Waals surface area contributed by atoms with E-state index in [9.17, 15) is 19.5 Å². The quantitative estimate of drug-likeness (QED) is 0.182. The number of amides is 2. The highest BCUT2D eigenvalue weighted by atomic mass is 16.5. The molecule has 0 unspecified atom stereocenters. The smallest absolute Gasteiger partial charge is 0.323 e. The van der Waals surface area contributed by atoms with Crippen molar-refractivity contribution in [2.45, 2.75) is 64.5 Å². The van der Waals surface area contributed by atoms with Gasteiger partial charge in [-0.15, -0.1) is 0 Å². The van der Waals surface area contributed by atoms with Crippen LogP contribution in [0.4, 0.5) is 0 Å². The molecule has 10 nitrogen and oxygen atoms in total. The molecule has 3 aromatic rings. The van der Waals surface area contributed by atoms with Crippen molar-refractivity contribution < 1.29 is 29.0 Å². The Morgan fingerprint density at radius 3 is 2.34 bits per heavy atom. The molecule has 0 aliphatic rings. The van der Waals surface area contributed by atoms with Crippen molar-refractivity contribution in [3.63, 3.8) is 0 Å². The van der Waals surface area contributed by atoms with E-state index in [1.807, 2.05) is 31.2 Å². The lowest BCUT2D eigenvalue weighted by Gasteiger charge is -2.19. The van der Waals surface area contributed by atoms with Gasteiger partial charge in [-0.2, -0.15) is 0 Å². The van der Waals surface area contributed by atoms with Gasteiger partial charge in [0.25, 0.3) is 5.91 Å². The SMILES string of the molecule is COc1cc(C)cc(OC)c1CCCCCNC(=O)[C@@H](CCCCN)NC(=O)c1cc2ccccc2n1CC(=O)O. The second-order valence-corrected chi connectivity index (χ2v) is 10.1. The number of aliphatic carboxylic acids is 1. The maximum atomic E-state index is 13.3. The molecule has 1 atom stereocenters. The number of nitrogens with one attached hydrogen (secondary N) is 2. The number of nitrogens with zero attached hydrogens (tertiary/aromatic N) is 1. The second kappa shape index (κ2) is 15.7. The first kappa shape index (κ1) is 31.5. The number of para-hydroxylation sites is 1. The zero-order valence-electron chi connectivity index (χ0n) is 24.2. The van der Waals surface area contributed by atoms with Crippen molar-refractivity contribution in [2.75, 3.05) is 27.3 Å². The molecular formula is C31H42N4O6. The third-order valence-corrected chi connectivity index (χ3v) is 7.06. The van der Waals surface area contributed by atoms with Gasteiger partial charge in [-0.05, 0) is 81.8 Å². The Bertz CT molecular complexity index is 1310. The average Bonchev–Trinajstić information content (AvgIpc) is 3.32. The number of aromatic nitrogens is 1. The number of hydrogen-bond donors (Lipinski definition) is 4. The first-order valence-corrected chi connectivity index (χ1v) is 14.1. The molecular weight excluding hydrogens is 524 g/mol. The van der Waals surface area contributed by atoms with Crippen LogP contribution in [0.5, 0.6) is 11.5 Å². The van der Waals surface area contributed by atoms with Crippen molar-refractivity contribution in [2.24, 2.45) is 5.73 Å². The van der Waals surface area contributed by atoms with Gasteiger partial charge in [-0.3, -0.25) is 14.4 Å². The van der Waals surface area contributed by atoms with E-state index in [0.29, 0.717) is 31.4 Å². The van der Waals surface area contributed by atoms with Crippen LogP contribution in [-0.4, -0.2) is 60.8 Å². The van der Waals surface area contributed by atoms with Crippen molar-refractivity contribution in [1.82, 2.24) is 15.2 Å². The molecule has 0 bridgehead atoms. The van der Waals surface area contributed by atoms with Crippen molar-refractivity contribution >= 4 is 28.7 Å². The number of fused-ring (bicyclic) bond motifs is 1. The number of carboxylic acids is 1. The lowest BCUT2D eigenvalue weighted by atomic mass is 10.0. The van der Waals surface area contributed by atoms with E-state index < -0.39 is 17.9 Å². The number of nitrogens with two attached hydrogens (primary N) is 1. The number of unbranched alkanes of at least 4 members (excludes halogenated alkanes) is 3. The van der Waals surface area contributed by atoms with E-state index in [1.54, 1.807) is 32.4 Å². The predicted octanol–water partition coefficient (Wildman–Crippen LogP) is 3.81. The highest BCUT2D eigenvalue weighted by Crippen LogP contribution is 2.31. The van der Waals surface area contributed by atoms with Crippen molar-refractivity contribution in [3.8, 4) is 11.5 Å². The summed E-state index contributed by atoms with van der Waals surface area (Å²) in [4.78, 5) is 37.9. The van der Waals surface area contributed by atoms with Gasteiger partial charge in [0.15, 0.2) is 0 Å². The van der Waals surface area contributed by atoms with Crippen LogP contribution in [0.3, 0.4) is 0 Å². The molecule has 2 aromatic carbocycles. The molecule has 5 N–H and O–H groups in total. The molecule has 0 saturated heterocycles. The Morgan fingerprint density at radius 1 is 0.976 bits per heavy atom. The van der Waals surface area contributed by atoms with Gasteiger partial charge < -0.3 is 35.5 Å². The summed E-state index contributed by atoms with van der Waals surface area (Å²) in [5, 5.41) is 16.0. The largest absolute Gasteiger partial charge is 0.496 e. The number of rotatable bonds is 17. The van der Waals surface area contributed by atoms with Gasteiger partial charge in [0.1, 0.15) is 29.8 Å². The lowest BCUT2D eigenvalue weighted by molar-refractivity contribution is -0.137. The topological polar surface area (TPSA) is 145 Å². The van der Waals surface area contributed by atoms with E-state index >= 15 is 0 Å². The number of carbonyl (C=O) groups excluding carboxylic acids is 2. The molecule has 2 amide bonds. The molecule has 1 aromatic heterocycles. The Labute approximate surface area is 241 Å². The standard InChI is InChI=1S/C31H42N4O6/c1-21-17-27(40-2)23(28(18-21)41-3)12-5-4-10-16-33-30(38)24(13-8-9-15-32)34-31(39)26-19-22-11-6-7-14-25(22)35(26)20-29(36)37/h6-7,11,14,17-19,24H,4-5,8-10,12-13,15-16,20,32H2,1-3H3,(H,33,38)(H,34,39)(H,36,37)/t24-/m1/s1.